The van der Waals surface area contributed by atoms with Crippen molar-refractivity contribution in [3.8, 4) is 10.9 Å². The second-order valence-corrected chi connectivity index (χ2v) is 4.29. The lowest BCUT2D eigenvalue weighted by molar-refractivity contribution is 0.473. The summed E-state index contributed by atoms with van der Waals surface area (Å²) < 4.78 is 5.55. The summed E-state index contributed by atoms with van der Waals surface area (Å²) in [5.41, 5.74) is 6.73. The van der Waals surface area contributed by atoms with E-state index >= 15 is 0 Å². The minimum absolute atomic E-state index is 0.399. The molecule has 2 N–H and O–H groups in total. The highest BCUT2D eigenvalue weighted by atomic mass is 32.1. The lowest BCUT2D eigenvalue weighted by atomic mass is 10.2. The maximum Gasteiger partial charge on any atom is 0.299 e. The molecule has 0 atom stereocenters. The lowest BCUT2D eigenvalue weighted by Gasteiger charge is -2.01. The summed E-state index contributed by atoms with van der Waals surface area (Å²) in [4.78, 5) is 0. The summed E-state index contributed by atoms with van der Waals surface area (Å²) in [5.74, 6) is 0.775. The molecule has 0 amide bonds. The Labute approximate surface area is 98.1 Å². The Bertz CT molecular complexity index is 453. The zero-order chi connectivity index (χ0) is 11.4. The van der Waals surface area contributed by atoms with Crippen molar-refractivity contribution in [3.63, 3.8) is 0 Å². The third-order valence-electron chi connectivity index (χ3n) is 2.16. The van der Waals surface area contributed by atoms with E-state index in [-0.39, 0.29) is 0 Å². The average Bonchev–Trinajstić information content (AvgIpc) is 2.78. The maximum absolute atomic E-state index is 5.55. The van der Waals surface area contributed by atoms with Gasteiger partial charge in [-0.15, -0.1) is 5.10 Å². The van der Waals surface area contributed by atoms with E-state index in [1.54, 1.807) is 0 Å². The number of benzene rings is 1. The van der Waals surface area contributed by atoms with E-state index in [0.717, 1.165) is 17.2 Å². The zero-order valence-corrected chi connectivity index (χ0v) is 9.83. The van der Waals surface area contributed by atoms with E-state index in [1.165, 1.54) is 16.9 Å². The molecule has 1 aromatic heterocycles. The fourth-order valence-electron chi connectivity index (χ4n) is 1.26. The van der Waals surface area contributed by atoms with E-state index < -0.39 is 0 Å². The van der Waals surface area contributed by atoms with Crippen LogP contribution in [0.15, 0.2) is 24.3 Å². The minimum atomic E-state index is 0.399. The number of aromatic nitrogens is 2. The Morgan fingerprint density at radius 1 is 1.25 bits per heavy atom. The van der Waals surface area contributed by atoms with Crippen LogP contribution in [0.25, 0.3) is 0 Å². The Balaban J connectivity index is 2.08. The zero-order valence-electron chi connectivity index (χ0n) is 9.01. The van der Waals surface area contributed by atoms with Crippen LogP contribution in [-0.2, 0) is 13.0 Å². The first kappa shape index (κ1) is 11.0. The van der Waals surface area contributed by atoms with Crippen LogP contribution in [0.5, 0.6) is 10.9 Å². The minimum Gasteiger partial charge on any atom is -0.430 e. The van der Waals surface area contributed by atoms with Crippen LogP contribution in [0.4, 0.5) is 0 Å². The number of rotatable bonds is 4. The monoisotopic (exact) mass is 235 g/mol. The van der Waals surface area contributed by atoms with Crippen LogP contribution in [0.2, 0.25) is 0 Å². The third-order valence-corrected chi connectivity index (χ3v) is 2.98. The smallest absolute Gasteiger partial charge is 0.299 e. The molecule has 16 heavy (non-hydrogen) atoms. The SMILES string of the molecule is CCc1ccc(Oc2nnc(CN)s2)cc1. The van der Waals surface area contributed by atoms with Crippen LogP contribution in [0, 0.1) is 0 Å². The molecular weight excluding hydrogens is 222 g/mol. The summed E-state index contributed by atoms with van der Waals surface area (Å²) >= 11 is 1.37. The first-order chi connectivity index (χ1) is 7.81. The molecule has 84 valence electrons. The van der Waals surface area contributed by atoms with Crippen molar-refractivity contribution in [1.29, 1.82) is 0 Å². The van der Waals surface area contributed by atoms with Gasteiger partial charge in [0, 0.05) is 6.54 Å². The summed E-state index contributed by atoms with van der Waals surface area (Å²) in [6, 6.07) is 7.95. The van der Waals surface area contributed by atoms with Gasteiger partial charge in [0.15, 0.2) is 0 Å². The van der Waals surface area contributed by atoms with Gasteiger partial charge in [-0.3, -0.25) is 0 Å². The van der Waals surface area contributed by atoms with Gasteiger partial charge in [0.2, 0.25) is 0 Å². The van der Waals surface area contributed by atoms with Crippen molar-refractivity contribution in [2.75, 3.05) is 0 Å². The van der Waals surface area contributed by atoms with Crippen molar-refractivity contribution < 1.29 is 4.74 Å². The largest absolute Gasteiger partial charge is 0.430 e. The van der Waals surface area contributed by atoms with Crippen molar-refractivity contribution in [3.05, 3.63) is 34.8 Å². The van der Waals surface area contributed by atoms with Crippen LogP contribution < -0.4 is 10.5 Å². The molecule has 0 bridgehead atoms. The Morgan fingerprint density at radius 3 is 2.56 bits per heavy atom. The Kier molecular flexibility index (Phi) is 3.48. The van der Waals surface area contributed by atoms with Crippen molar-refractivity contribution in [2.24, 2.45) is 5.73 Å². The van der Waals surface area contributed by atoms with E-state index in [9.17, 15) is 0 Å². The van der Waals surface area contributed by atoms with Gasteiger partial charge < -0.3 is 10.5 Å². The third kappa shape index (κ3) is 2.56. The highest BCUT2D eigenvalue weighted by molar-refractivity contribution is 7.13. The predicted molar refractivity (Wildman–Crippen MR) is 63.7 cm³/mol. The summed E-state index contributed by atoms with van der Waals surface area (Å²) in [7, 11) is 0. The van der Waals surface area contributed by atoms with Gasteiger partial charge in [0.1, 0.15) is 10.8 Å². The van der Waals surface area contributed by atoms with Gasteiger partial charge in [-0.25, -0.2) is 0 Å². The molecule has 2 aromatic rings. The number of ether oxygens (including phenoxy) is 1. The van der Waals surface area contributed by atoms with Gasteiger partial charge in [0.05, 0.1) is 0 Å². The van der Waals surface area contributed by atoms with E-state index in [4.69, 9.17) is 10.5 Å². The molecule has 0 saturated heterocycles. The molecule has 0 radical (unpaired) electrons. The predicted octanol–water partition coefficient (Wildman–Crippen LogP) is 2.35. The maximum atomic E-state index is 5.55. The first-order valence-electron chi connectivity index (χ1n) is 5.11. The quantitative estimate of drug-likeness (QED) is 0.883. The van der Waals surface area contributed by atoms with E-state index in [1.807, 2.05) is 24.3 Å². The van der Waals surface area contributed by atoms with Gasteiger partial charge in [-0.05, 0) is 24.1 Å². The van der Waals surface area contributed by atoms with Crippen molar-refractivity contribution in [1.82, 2.24) is 10.2 Å². The van der Waals surface area contributed by atoms with Gasteiger partial charge >= 0.3 is 0 Å². The van der Waals surface area contributed by atoms with Crippen molar-refractivity contribution in [2.45, 2.75) is 19.9 Å². The summed E-state index contributed by atoms with van der Waals surface area (Å²) in [6.07, 6.45) is 1.02. The highest BCUT2D eigenvalue weighted by Crippen LogP contribution is 2.24. The molecule has 1 heterocycles. The molecule has 1 aromatic carbocycles. The van der Waals surface area contributed by atoms with E-state index in [2.05, 4.69) is 17.1 Å². The molecule has 0 spiro atoms. The molecule has 4 nitrogen and oxygen atoms in total. The number of hydrogen-bond donors (Lipinski definition) is 1. The van der Waals surface area contributed by atoms with Crippen molar-refractivity contribution >= 4 is 11.3 Å². The van der Waals surface area contributed by atoms with Crippen LogP contribution in [-0.4, -0.2) is 10.2 Å². The molecule has 0 aliphatic heterocycles. The highest BCUT2D eigenvalue weighted by Gasteiger charge is 2.04. The molecule has 2 rings (SSSR count). The molecule has 0 fully saturated rings. The standard InChI is InChI=1S/C11H13N3OS/c1-2-8-3-5-9(6-4-8)15-11-14-13-10(7-12)16-11/h3-6H,2,7,12H2,1H3. The molecular formula is C11H13N3OS. The lowest BCUT2D eigenvalue weighted by Crippen LogP contribution is -1.94. The van der Waals surface area contributed by atoms with Crippen LogP contribution >= 0.6 is 11.3 Å². The molecule has 0 unspecified atom stereocenters. The fraction of sp³-hybridized carbons (Fsp3) is 0.273. The van der Waals surface area contributed by atoms with E-state index in [0.29, 0.717) is 11.7 Å². The number of nitrogens with two attached hydrogens (primary N) is 1. The van der Waals surface area contributed by atoms with Crippen LogP contribution in [0.1, 0.15) is 17.5 Å². The average molecular weight is 235 g/mol. The first-order valence-corrected chi connectivity index (χ1v) is 5.92. The molecule has 0 aliphatic carbocycles. The number of nitrogens with zero attached hydrogens (tertiary/aromatic N) is 2. The molecule has 5 heteroatoms. The van der Waals surface area contributed by atoms with Crippen LogP contribution in [0.3, 0.4) is 0 Å². The van der Waals surface area contributed by atoms with Gasteiger partial charge in [0.25, 0.3) is 5.19 Å². The topological polar surface area (TPSA) is 61.0 Å². The Hall–Kier alpha value is -1.46. The molecule has 0 aliphatic rings. The summed E-state index contributed by atoms with van der Waals surface area (Å²) in [6.45, 7) is 2.52. The Morgan fingerprint density at radius 2 is 2.00 bits per heavy atom. The second kappa shape index (κ2) is 5.05. The number of hydrogen-bond acceptors (Lipinski definition) is 5. The normalized spacial score (nSPS) is 10.4. The van der Waals surface area contributed by atoms with Gasteiger partial charge in [-0.1, -0.05) is 35.5 Å². The fourth-order valence-corrected chi connectivity index (χ4v) is 1.84. The second-order valence-electron chi connectivity index (χ2n) is 3.27. The molecule has 0 saturated carbocycles. The summed E-state index contributed by atoms with van der Waals surface area (Å²) in [5, 5.41) is 9.08. The number of aryl methyl sites for hydroxylation is 1. The van der Waals surface area contributed by atoms with Gasteiger partial charge in [-0.2, -0.15) is 0 Å².